The second-order valence-electron chi connectivity index (χ2n) is 3.39. The number of carbonyl (C=O) groups is 1. The third-order valence-corrected chi connectivity index (χ3v) is 2.76. The van der Waals surface area contributed by atoms with Gasteiger partial charge in [-0.15, -0.1) is 13.2 Å². The molecule has 1 rings (SSSR count). The first kappa shape index (κ1) is 18.4. The van der Waals surface area contributed by atoms with E-state index in [0.717, 1.165) is 12.1 Å². The van der Waals surface area contributed by atoms with E-state index in [1.807, 2.05) is 13.8 Å². The Kier molecular flexibility index (Phi) is 7.26. The van der Waals surface area contributed by atoms with Gasteiger partial charge in [-0.1, -0.05) is 13.8 Å². The van der Waals surface area contributed by atoms with Crippen molar-refractivity contribution in [3.05, 3.63) is 23.8 Å². The summed E-state index contributed by atoms with van der Waals surface area (Å²) in [7, 11) is -1.53. The van der Waals surface area contributed by atoms with Gasteiger partial charge in [-0.05, 0) is 23.8 Å². The molecule has 1 aromatic carbocycles. The van der Waals surface area contributed by atoms with E-state index >= 15 is 0 Å². The summed E-state index contributed by atoms with van der Waals surface area (Å²) in [6.45, 7) is 4.00. The van der Waals surface area contributed by atoms with Gasteiger partial charge in [0.05, 0.1) is 6.42 Å². The maximum Gasteiger partial charge on any atom is 0.573 e. The predicted molar refractivity (Wildman–Crippen MR) is 68.1 cm³/mol. The first-order chi connectivity index (χ1) is 9.17. The van der Waals surface area contributed by atoms with Crippen molar-refractivity contribution >= 4 is 16.8 Å². The van der Waals surface area contributed by atoms with Crippen LogP contribution in [-0.2, 0) is 22.0 Å². The van der Waals surface area contributed by atoms with Gasteiger partial charge in [0.2, 0.25) is 0 Å². The summed E-state index contributed by atoms with van der Waals surface area (Å²) in [4.78, 5) is 10.6. The zero-order chi connectivity index (χ0) is 15.9. The molecular formula is C12H15F3O4S. The van der Waals surface area contributed by atoms with Crippen molar-refractivity contribution in [3.8, 4) is 5.75 Å². The highest BCUT2D eigenvalue weighted by atomic mass is 32.2. The van der Waals surface area contributed by atoms with E-state index in [1.54, 1.807) is 0 Å². The first-order valence-electron chi connectivity index (χ1n) is 5.62. The zero-order valence-corrected chi connectivity index (χ0v) is 12.0. The summed E-state index contributed by atoms with van der Waals surface area (Å²) in [6, 6.07) is 3.19. The summed E-state index contributed by atoms with van der Waals surface area (Å²) in [5.41, 5.74) is 0.0921. The van der Waals surface area contributed by atoms with E-state index in [4.69, 9.17) is 5.11 Å². The van der Waals surface area contributed by atoms with Crippen LogP contribution in [-0.4, -0.2) is 27.9 Å². The van der Waals surface area contributed by atoms with Crippen LogP contribution >= 0.6 is 0 Å². The minimum Gasteiger partial charge on any atom is -0.481 e. The Balaban J connectivity index is 0.00000172. The van der Waals surface area contributed by atoms with Crippen molar-refractivity contribution in [1.82, 2.24) is 0 Å². The molecule has 0 fully saturated rings. The second-order valence-corrected chi connectivity index (χ2v) is 4.76. The predicted octanol–water partition coefficient (Wildman–Crippen LogP) is 2.98. The first-order valence-corrected chi connectivity index (χ1v) is 7.18. The highest BCUT2D eigenvalue weighted by molar-refractivity contribution is 7.84. The number of hydrogen-bond donors (Lipinski definition) is 1. The summed E-state index contributed by atoms with van der Waals surface area (Å²) < 4.78 is 51.1. The zero-order valence-electron chi connectivity index (χ0n) is 11.2. The van der Waals surface area contributed by atoms with E-state index in [1.165, 1.54) is 12.3 Å². The lowest BCUT2D eigenvalue weighted by atomic mass is 10.1. The lowest BCUT2D eigenvalue weighted by Gasteiger charge is -2.11. The van der Waals surface area contributed by atoms with Gasteiger partial charge >= 0.3 is 12.3 Å². The van der Waals surface area contributed by atoms with Gasteiger partial charge in [0, 0.05) is 22.0 Å². The Morgan fingerprint density at radius 1 is 1.30 bits per heavy atom. The molecule has 0 aliphatic heterocycles. The van der Waals surface area contributed by atoms with Crippen LogP contribution in [0.2, 0.25) is 0 Å². The molecule has 1 N–H and O–H groups in total. The molecule has 0 bridgehead atoms. The van der Waals surface area contributed by atoms with Gasteiger partial charge in [0.25, 0.3) is 0 Å². The second kappa shape index (κ2) is 7.88. The van der Waals surface area contributed by atoms with Gasteiger partial charge in [-0.25, -0.2) is 0 Å². The van der Waals surface area contributed by atoms with Gasteiger partial charge in [0.1, 0.15) is 5.75 Å². The largest absolute Gasteiger partial charge is 0.573 e. The van der Waals surface area contributed by atoms with Crippen LogP contribution in [0.15, 0.2) is 23.1 Å². The minimum absolute atomic E-state index is 0.0769. The van der Waals surface area contributed by atoms with Crippen molar-refractivity contribution in [2.75, 3.05) is 6.26 Å². The fourth-order valence-corrected chi connectivity index (χ4v) is 1.87. The molecule has 114 valence electrons. The molecule has 0 radical (unpaired) electrons. The van der Waals surface area contributed by atoms with E-state index in [0.29, 0.717) is 0 Å². The molecule has 4 nitrogen and oxygen atoms in total. The van der Waals surface area contributed by atoms with Gasteiger partial charge in [-0.2, -0.15) is 0 Å². The number of alkyl halides is 3. The molecule has 8 heteroatoms. The Labute approximate surface area is 117 Å². The smallest absolute Gasteiger partial charge is 0.481 e. The molecule has 0 spiro atoms. The molecule has 0 amide bonds. The Bertz CT molecular complexity index is 486. The molecule has 0 aliphatic carbocycles. The van der Waals surface area contributed by atoms with Gasteiger partial charge in [0.15, 0.2) is 0 Å². The summed E-state index contributed by atoms with van der Waals surface area (Å²) >= 11 is 0. The monoisotopic (exact) mass is 312 g/mol. The number of aliphatic carboxylic acids is 1. The standard InChI is InChI=1S/C10H9F3O4S.C2H6/c1-18(16)8-3-6(4-9(14)15)2-7(5-8)17-10(11,12)13;1-2/h2-3,5H,4H2,1H3,(H,14,15);1-2H3. The molecule has 1 atom stereocenters. The van der Waals surface area contributed by atoms with Crippen molar-refractivity contribution in [3.63, 3.8) is 0 Å². The third kappa shape index (κ3) is 7.13. The topological polar surface area (TPSA) is 63.6 Å². The van der Waals surface area contributed by atoms with E-state index in [2.05, 4.69) is 4.74 Å². The summed E-state index contributed by atoms with van der Waals surface area (Å²) in [6.07, 6.45) is -4.08. The van der Waals surface area contributed by atoms with Crippen LogP contribution in [0.5, 0.6) is 5.75 Å². The Hall–Kier alpha value is -1.57. The van der Waals surface area contributed by atoms with Crippen molar-refractivity contribution in [1.29, 1.82) is 0 Å². The number of carboxylic acids is 1. The third-order valence-electron chi connectivity index (χ3n) is 1.86. The van der Waals surface area contributed by atoms with Crippen LogP contribution in [0.25, 0.3) is 0 Å². The van der Waals surface area contributed by atoms with Crippen LogP contribution in [0.1, 0.15) is 19.4 Å². The fraction of sp³-hybridized carbons (Fsp3) is 0.417. The molecular weight excluding hydrogens is 297 g/mol. The van der Waals surface area contributed by atoms with Crippen LogP contribution in [0, 0.1) is 0 Å². The quantitative estimate of drug-likeness (QED) is 0.928. The number of hydrogen-bond acceptors (Lipinski definition) is 3. The molecule has 20 heavy (non-hydrogen) atoms. The van der Waals surface area contributed by atoms with E-state index in [-0.39, 0.29) is 10.5 Å². The lowest BCUT2D eigenvalue weighted by molar-refractivity contribution is -0.274. The number of carboxylic acid groups (broad SMARTS) is 1. The van der Waals surface area contributed by atoms with Crippen LogP contribution < -0.4 is 4.74 Å². The van der Waals surface area contributed by atoms with Crippen molar-refractivity contribution in [2.45, 2.75) is 31.5 Å². The highest BCUT2D eigenvalue weighted by Crippen LogP contribution is 2.26. The molecule has 0 aliphatic rings. The average molecular weight is 312 g/mol. The molecule has 0 heterocycles. The SMILES string of the molecule is CC.CS(=O)c1cc(CC(=O)O)cc(OC(F)(F)F)c1. The Morgan fingerprint density at radius 3 is 2.25 bits per heavy atom. The average Bonchev–Trinajstić information content (AvgIpc) is 2.27. The Morgan fingerprint density at radius 2 is 1.85 bits per heavy atom. The number of ether oxygens (including phenoxy) is 1. The van der Waals surface area contributed by atoms with Crippen LogP contribution in [0.4, 0.5) is 13.2 Å². The van der Waals surface area contributed by atoms with Crippen molar-refractivity contribution in [2.24, 2.45) is 0 Å². The number of halogens is 3. The molecule has 0 saturated heterocycles. The highest BCUT2D eigenvalue weighted by Gasteiger charge is 2.31. The van der Waals surface area contributed by atoms with Crippen molar-refractivity contribution < 1.29 is 32.0 Å². The minimum atomic E-state index is -4.88. The van der Waals surface area contributed by atoms with Gasteiger partial charge < -0.3 is 9.84 Å². The number of benzene rings is 1. The van der Waals surface area contributed by atoms with Gasteiger partial charge in [-0.3, -0.25) is 9.00 Å². The summed E-state index contributed by atoms with van der Waals surface area (Å²) in [5, 5.41) is 8.58. The summed E-state index contributed by atoms with van der Waals surface area (Å²) in [5.74, 6) is -1.78. The molecule has 1 unspecified atom stereocenters. The molecule has 1 aromatic rings. The fourth-order valence-electron chi connectivity index (χ4n) is 1.27. The maximum atomic E-state index is 12.1. The lowest BCUT2D eigenvalue weighted by Crippen LogP contribution is -2.17. The van der Waals surface area contributed by atoms with Crippen LogP contribution in [0.3, 0.4) is 0 Å². The molecule has 0 aromatic heterocycles. The molecule has 0 saturated carbocycles. The normalized spacial score (nSPS) is 12.1. The van der Waals surface area contributed by atoms with E-state index in [9.17, 15) is 22.2 Å². The number of rotatable bonds is 4. The van der Waals surface area contributed by atoms with E-state index < -0.39 is 35.3 Å². The maximum absolute atomic E-state index is 12.1.